The molecule has 0 aliphatic carbocycles. The monoisotopic (exact) mass is 448 g/mol. The Morgan fingerprint density at radius 3 is 2.55 bits per heavy atom. The molecule has 2 aliphatic rings. The number of nitrogens with zero attached hydrogens (tertiary/aromatic N) is 4. The predicted octanol–water partition coefficient (Wildman–Crippen LogP) is 3.05. The second-order valence-electron chi connectivity index (χ2n) is 8.36. The third-order valence-corrected chi connectivity index (χ3v) is 6.55. The number of piperazine rings is 1. The molecule has 0 spiro atoms. The zero-order chi connectivity index (χ0) is 22.9. The minimum atomic E-state index is -0.00436. The third kappa shape index (κ3) is 3.84. The van der Waals surface area contributed by atoms with E-state index in [9.17, 15) is 9.59 Å². The van der Waals surface area contributed by atoms with Gasteiger partial charge in [0.1, 0.15) is 5.82 Å². The van der Waals surface area contributed by atoms with Crippen molar-refractivity contribution in [3.8, 4) is 11.5 Å². The number of hydrogen-bond donors (Lipinski definition) is 0. The van der Waals surface area contributed by atoms with Crippen molar-refractivity contribution >= 4 is 16.8 Å². The van der Waals surface area contributed by atoms with E-state index in [-0.39, 0.29) is 24.3 Å². The number of aromatic nitrogens is 2. The van der Waals surface area contributed by atoms with Crippen LogP contribution in [-0.4, -0.2) is 58.2 Å². The molecule has 0 saturated carbocycles. The van der Waals surface area contributed by atoms with Crippen LogP contribution in [0.2, 0.25) is 0 Å². The number of hydrogen-bond acceptors (Lipinski definition) is 6. The fourth-order valence-corrected chi connectivity index (χ4v) is 4.80. The lowest BCUT2D eigenvalue weighted by Crippen LogP contribution is -2.50. The first-order chi connectivity index (χ1) is 16.1. The average Bonchev–Trinajstić information content (AvgIpc) is 3.33. The van der Waals surface area contributed by atoms with Crippen molar-refractivity contribution in [2.75, 3.05) is 33.0 Å². The van der Waals surface area contributed by atoms with Gasteiger partial charge in [-0.15, -0.1) is 0 Å². The maximum absolute atomic E-state index is 13.1. The van der Waals surface area contributed by atoms with Gasteiger partial charge in [0.05, 0.1) is 16.9 Å². The van der Waals surface area contributed by atoms with Crippen LogP contribution in [-0.2, 0) is 6.54 Å². The highest BCUT2D eigenvalue weighted by molar-refractivity contribution is 5.95. The van der Waals surface area contributed by atoms with E-state index in [0.29, 0.717) is 42.1 Å². The molecule has 1 aromatic heterocycles. The van der Waals surface area contributed by atoms with Gasteiger partial charge in [0.2, 0.25) is 6.79 Å². The largest absolute Gasteiger partial charge is 0.454 e. The Hall–Kier alpha value is -3.39. The number of benzene rings is 2. The second-order valence-corrected chi connectivity index (χ2v) is 8.36. The first-order valence-electron chi connectivity index (χ1n) is 11.5. The van der Waals surface area contributed by atoms with E-state index >= 15 is 0 Å². The summed E-state index contributed by atoms with van der Waals surface area (Å²) in [6.45, 7) is 7.55. The summed E-state index contributed by atoms with van der Waals surface area (Å²) in [5.74, 6) is 2.09. The maximum Gasteiger partial charge on any atom is 0.261 e. The molecule has 8 nitrogen and oxygen atoms in total. The van der Waals surface area contributed by atoms with E-state index in [1.54, 1.807) is 22.8 Å². The summed E-state index contributed by atoms with van der Waals surface area (Å²) in [5, 5.41) is 0.650. The third-order valence-electron chi connectivity index (χ3n) is 6.55. The minimum absolute atomic E-state index is 0.00436. The summed E-state index contributed by atoms with van der Waals surface area (Å²) >= 11 is 0. The summed E-state index contributed by atoms with van der Waals surface area (Å²) in [5.41, 5.74) is 1.35. The van der Waals surface area contributed by atoms with Crippen molar-refractivity contribution in [2.24, 2.45) is 0 Å². The number of carbonyl (C=O) groups is 1. The lowest BCUT2D eigenvalue weighted by atomic mass is 10.1. The van der Waals surface area contributed by atoms with Crippen molar-refractivity contribution in [1.82, 2.24) is 19.4 Å². The van der Waals surface area contributed by atoms with Gasteiger partial charge in [0, 0.05) is 38.3 Å². The molecule has 5 rings (SSSR count). The van der Waals surface area contributed by atoms with Gasteiger partial charge in [-0.1, -0.05) is 19.1 Å². The highest BCUT2D eigenvalue weighted by atomic mass is 16.7. The molecule has 33 heavy (non-hydrogen) atoms. The van der Waals surface area contributed by atoms with E-state index in [1.165, 1.54) is 0 Å². The van der Waals surface area contributed by atoms with E-state index in [4.69, 9.17) is 14.5 Å². The Balaban J connectivity index is 1.35. The van der Waals surface area contributed by atoms with Crippen molar-refractivity contribution < 1.29 is 14.3 Å². The summed E-state index contributed by atoms with van der Waals surface area (Å²) in [4.78, 5) is 35.3. The molecule has 1 atom stereocenters. The Kier molecular flexibility index (Phi) is 5.76. The van der Waals surface area contributed by atoms with Gasteiger partial charge >= 0.3 is 0 Å². The Bertz CT molecular complexity index is 1250. The number of ether oxygens (including phenoxy) is 2. The molecule has 2 aliphatic heterocycles. The summed E-state index contributed by atoms with van der Waals surface area (Å²) < 4.78 is 12.6. The molecule has 1 amide bonds. The number of carbonyl (C=O) groups excluding carboxylic acids is 1. The fraction of sp³-hybridized carbons (Fsp3) is 0.400. The molecule has 1 unspecified atom stereocenters. The molecule has 172 valence electrons. The van der Waals surface area contributed by atoms with Crippen LogP contribution in [0.4, 0.5) is 0 Å². The first-order valence-corrected chi connectivity index (χ1v) is 11.5. The molecule has 0 N–H and O–H groups in total. The van der Waals surface area contributed by atoms with Crippen LogP contribution in [0.3, 0.4) is 0 Å². The normalized spacial score (nSPS) is 16.8. The van der Waals surface area contributed by atoms with Gasteiger partial charge in [-0.3, -0.25) is 19.1 Å². The Labute approximate surface area is 192 Å². The van der Waals surface area contributed by atoms with Gasteiger partial charge < -0.3 is 14.4 Å². The van der Waals surface area contributed by atoms with Crippen LogP contribution in [0.1, 0.15) is 42.5 Å². The van der Waals surface area contributed by atoms with Crippen molar-refractivity contribution in [3.05, 3.63) is 64.2 Å². The topological polar surface area (TPSA) is 76.9 Å². The fourth-order valence-electron chi connectivity index (χ4n) is 4.80. The van der Waals surface area contributed by atoms with Gasteiger partial charge in [-0.05, 0) is 43.7 Å². The second kappa shape index (κ2) is 8.86. The molecular weight excluding hydrogens is 420 g/mol. The summed E-state index contributed by atoms with van der Waals surface area (Å²) in [7, 11) is 0. The minimum Gasteiger partial charge on any atom is -0.454 e. The SMILES string of the molecule is CCC(c1nc2ccccc2c(=O)n1CC)N1CCN(C(=O)c2ccc3c(c2)OCO3)CC1. The van der Waals surface area contributed by atoms with Crippen LogP contribution in [0, 0.1) is 0 Å². The molecule has 0 bridgehead atoms. The molecule has 3 aromatic rings. The molecule has 2 aromatic carbocycles. The lowest BCUT2D eigenvalue weighted by Gasteiger charge is -2.39. The number of para-hydroxylation sites is 1. The standard InChI is InChI=1S/C25H28N4O4/c1-3-20(23-26-19-8-6-5-7-18(19)25(31)29(23)4-2)27-11-13-28(14-12-27)24(30)17-9-10-21-22(15-17)33-16-32-21/h5-10,15,20H,3-4,11-14,16H2,1-2H3. The van der Waals surface area contributed by atoms with E-state index in [0.717, 1.165) is 30.9 Å². The van der Waals surface area contributed by atoms with E-state index in [1.807, 2.05) is 36.1 Å². The van der Waals surface area contributed by atoms with Crippen molar-refractivity contribution in [1.29, 1.82) is 0 Å². The maximum atomic E-state index is 13.1. The first kappa shape index (κ1) is 21.5. The van der Waals surface area contributed by atoms with E-state index < -0.39 is 0 Å². The van der Waals surface area contributed by atoms with E-state index in [2.05, 4.69) is 11.8 Å². The van der Waals surface area contributed by atoms with Gasteiger partial charge in [0.25, 0.3) is 11.5 Å². The zero-order valence-electron chi connectivity index (χ0n) is 19.0. The van der Waals surface area contributed by atoms with Crippen LogP contribution in [0.15, 0.2) is 47.3 Å². The van der Waals surface area contributed by atoms with Crippen molar-refractivity contribution in [3.63, 3.8) is 0 Å². The van der Waals surface area contributed by atoms with Crippen LogP contribution < -0.4 is 15.0 Å². The van der Waals surface area contributed by atoms with Crippen LogP contribution in [0.5, 0.6) is 11.5 Å². The lowest BCUT2D eigenvalue weighted by molar-refractivity contribution is 0.0548. The highest BCUT2D eigenvalue weighted by Crippen LogP contribution is 2.33. The number of fused-ring (bicyclic) bond motifs is 2. The van der Waals surface area contributed by atoms with Crippen LogP contribution in [0.25, 0.3) is 10.9 Å². The summed E-state index contributed by atoms with van der Waals surface area (Å²) in [6.07, 6.45) is 0.834. The molecule has 1 saturated heterocycles. The smallest absolute Gasteiger partial charge is 0.261 e. The predicted molar refractivity (Wildman–Crippen MR) is 125 cm³/mol. The Morgan fingerprint density at radius 2 is 1.79 bits per heavy atom. The molecular formula is C25H28N4O4. The van der Waals surface area contributed by atoms with Gasteiger partial charge in [-0.2, -0.15) is 0 Å². The molecule has 3 heterocycles. The van der Waals surface area contributed by atoms with Gasteiger partial charge in [0.15, 0.2) is 11.5 Å². The number of amides is 1. The molecule has 8 heteroatoms. The summed E-state index contributed by atoms with van der Waals surface area (Å²) in [6, 6.07) is 12.9. The van der Waals surface area contributed by atoms with Crippen molar-refractivity contribution in [2.45, 2.75) is 32.9 Å². The average molecular weight is 449 g/mol. The molecule has 0 radical (unpaired) electrons. The Morgan fingerprint density at radius 1 is 1.03 bits per heavy atom. The van der Waals surface area contributed by atoms with Gasteiger partial charge in [-0.25, -0.2) is 4.98 Å². The molecule has 1 fully saturated rings. The quantitative estimate of drug-likeness (QED) is 0.597. The number of rotatable bonds is 5. The van der Waals surface area contributed by atoms with Crippen LogP contribution >= 0.6 is 0 Å². The highest BCUT2D eigenvalue weighted by Gasteiger charge is 2.30. The zero-order valence-corrected chi connectivity index (χ0v) is 19.0.